The van der Waals surface area contributed by atoms with Gasteiger partial charge < -0.3 is 4.74 Å². The van der Waals surface area contributed by atoms with Crippen molar-refractivity contribution >= 4 is 17.1 Å². The molecular weight excluding hydrogens is 238 g/mol. The predicted molar refractivity (Wildman–Crippen MR) is 65.5 cm³/mol. The van der Waals surface area contributed by atoms with Gasteiger partial charge in [0.05, 0.1) is 13.3 Å². The molecule has 2 heterocycles. The number of aryl methyl sites for hydroxylation is 1. The maximum absolute atomic E-state index is 11.7. The number of nitrogens with zero attached hydrogens (tertiary/aromatic N) is 3. The van der Waals surface area contributed by atoms with Crippen molar-refractivity contribution in [3.63, 3.8) is 0 Å². The smallest absolute Gasteiger partial charge is 0.236 e. The Kier molecular flexibility index (Phi) is 3.23. The van der Waals surface area contributed by atoms with E-state index in [2.05, 4.69) is 10.1 Å². The lowest BCUT2D eigenvalue weighted by molar-refractivity contribution is 0.0989. The molecule has 0 aliphatic heterocycles. The first-order valence-electron chi connectivity index (χ1n) is 5.22. The molecule has 0 aliphatic rings. The van der Waals surface area contributed by atoms with Crippen LogP contribution in [0, 0.1) is 0 Å². The number of thiazole rings is 1. The van der Waals surface area contributed by atoms with Gasteiger partial charge in [-0.1, -0.05) is 6.92 Å². The largest absolute Gasteiger partial charge is 0.480 e. The minimum absolute atomic E-state index is 0.0505. The molecule has 0 N–H and O–H groups in total. The van der Waals surface area contributed by atoms with Crippen LogP contribution >= 0.6 is 11.3 Å². The third-order valence-corrected chi connectivity index (χ3v) is 3.44. The lowest BCUT2D eigenvalue weighted by Gasteiger charge is -1.95. The van der Waals surface area contributed by atoms with Gasteiger partial charge >= 0.3 is 0 Å². The quantitative estimate of drug-likeness (QED) is 0.781. The summed E-state index contributed by atoms with van der Waals surface area (Å²) in [5.41, 5.74) is 0.894. The minimum atomic E-state index is 0.0505. The van der Waals surface area contributed by atoms with Crippen molar-refractivity contribution in [3.05, 3.63) is 17.3 Å². The highest BCUT2D eigenvalue weighted by atomic mass is 32.1. The lowest BCUT2D eigenvalue weighted by Crippen LogP contribution is -1.96. The summed E-state index contributed by atoms with van der Waals surface area (Å²) < 4.78 is 6.83. The highest BCUT2D eigenvalue weighted by Gasteiger charge is 2.18. The normalized spacial score (nSPS) is 10.5. The fourth-order valence-corrected chi connectivity index (χ4v) is 2.46. The van der Waals surface area contributed by atoms with E-state index in [1.54, 1.807) is 10.9 Å². The summed E-state index contributed by atoms with van der Waals surface area (Å²) in [6.07, 6.45) is 4.03. The number of ether oxygens (including phenoxy) is 1. The van der Waals surface area contributed by atoms with Crippen molar-refractivity contribution in [1.29, 1.82) is 0 Å². The Morgan fingerprint density at radius 2 is 2.35 bits per heavy atom. The van der Waals surface area contributed by atoms with Crippen molar-refractivity contribution in [1.82, 2.24) is 14.8 Å². The van der Waals surface area contributed by atoms with E-state index in [0.717, 1.165) is 10.6 Å². The summed E-state index contributed by atoms with van der Waals surface area (Å²) in [6, 6.07) is 0. The second-order valence-electron chi connectivity index (χ2n) is 3.54. The molecule has 6 heteroatoms. The number of hydrogen-bond acceptors (Lipinski definition) is 5. The van der Waals surface area contributed by atoms with E-state index in [1.165, 1.54) is 18.4 Å². The Hall–Kier alpha value is -1.69. The van der Waals surface area contributed by atoms with Gasteiger partial charge in [0.2, 0.25) is 5.88 Å². The Morgan fingerprint density at radius 1 is 1.59 bits per heavy atom. The van der Waals surface area contributed by atoms with Crippen LogP contribution in [-0.2, 0) is 7.05 Å². The molecule has 0 aliphatic carbocycles. The average molecular weight is 251 g/mol. The Balaban J connectivity index is 2.44. The number of carbonyl (C=O) groups excluding carboxylic acids is 1. The van der Waals surface area contributed by atoms with Crippen LogP contribution in [-0.4, -0.2) is 27.7 Å². The number of carbonyl (C=O) groups is 1. The summed E-state index contributed by atoms with van der Waals surface area (Å²) in [5, 5.41) is 4.84. The van der Waals surface area contributed by atoms with Gasteiger partial charge in [0, 0.05) is 25.2 Å². The SMILES string of the molecule is CCC(=O)c1sc(-c2cnn(C)c2)nc1OC. The van der Waals surface area contributed by atoms with Crippen LogP contribution in [0.15, 0.2) is 12.4 Å². The molecule has 2 aromatic heterocycles. The Morgan fingerprint density at radius 3 is 2.88 bits per heavy atom. The van der Waals surface area contributed by atoms with Crippen molar-refractivity contribution in [2.75, 3.05) is 7.11 Å². The summed E-state index contributed by atoms with van der Waals surface area (Å²) in [7, 11) is 3.36. The number of aromatic nitrogens is 3. The first-order chi connectivity index (χ1) is 8.15. The summed E-state index contributed by atoms with van der Waals surface area (Å²) in [6.45, 7) is 1.82. The fourth-order valence-electron chi connectivity index (χ4n) is 1.44. The number of Topliss-reactive ketones (excluding diaryl/α,β-unsaturated/α-hetero) is 1. The highest BCUT2D eigenvalue weighted by Crippen LogP contribution is 2.32. The summed E-state index contributed by atoms with van der Waals surface area (Å²) in [5.74, 6) is 0.454. The maximum atomic E-state index is 11.7. The molecule has 2 aromatic rings. The van der Waals surface area contributed by atoms with Crippen LogP contribution in [0.25, 0.3) is 10.6 Å². The van der Waals surface area contributed by atoms with E-state index in [4.69, 9.17) is 4.74 Å². The van der Waals surface area contributed by atoms with E-state index in [9.17, 15) is 4.79 Å². The molecule has 90 valence electrons. The molecule has 0 amide bonds. The standard InChI is InChI=1S/C11H13N3O2S/c1-4-8(15)9-10(16-3)13-11(17-9)7-5-12-14(2)6-7/h5-6H,4H2,1-3H3. The van der Waals surface area contributed by atoms with Gasteiger partial charge in [0.25, 0.3) is 0 Å². The van der Waals surface area contributed by atoms with Crippen molar-refractivity contribution < 1.29 is 9.53 Å². The third-order valence-electron chi connectivity index (χ3n) is 2.32. The zero-order chi connectivity index (χ0) is 12.4. The molecule has 0 fully saturated rings. The zero-order valence-electron chi connectivity index (χ0n) is 9.93. The van der Waals surface area contributed by atoms with E-state index in [1.807, 2.05) is 20.2 Å². The van der Waals surface area contributed by atoms with Crippen LogP contribution in [0.1, 0.15) is 23.0 Å². The molecule has 2 rings (SSSR count). The van der Waals surface area contributed by atoms with Gasteiger partial charge in [0.15, 0.2) is 5.78 Å². The molecule has 0 unspecified atom stereocenters. The van der Waals surface area contributed by atoms with Crippen LogP contribution < -0.4 is 4.74 Å². The van der Waals surface area contributed by atoms with Gasteiger partial charge in [-0.15, -0.1) is 11.3 Å². The Labute approximate surface area is 103 Å². The molecule has 17 heavy (non-hydrogen) atoms. The summed E-state index contributed by atoms with van der Waals surface area (Å²) >= 11 is 1.34. The van der Waals surface area contributed by atoms with Gasteiger partial charge in [-0.25, -0.2) is 4.98 Å². The van der Waals surface area contributed by atoms with E-state index < -0.39 is 0 Å². The van der Waals surface area contributed by atoms with Crippen LogP contribution in [0.4, 0.5) is 0 Å². The topological polar surface area (TPSA) is 57.0 Å². The molecule has 0 saturated heterocycles. The Bertz CT molecular complexity index is 545. The van der Waals surface area contributed by atoms with Crippen LogP contribution in [0.3, 0.4) is 0 Å². The van der Waals surface area contributed by atoms with Gasteiger partial charge in [-0.3, -0.25) is 9.48 Å². The van der Waals surface area contributed by atoms with Crippen LogP contribution in [0.5, 0.6) is 5.88 Å². The third kappa shape index (κ3) is 2.21. The molecule has 0 bridgehead atoms. The zero-order valence-corrected chi connectivity index (χ0v) is 10.7. The number of ketones is 1. The average Bonchev–Trinajstić information content (AvgIpc) is 2.93. The number of methoxy groups -OCH3 is 1. The first kappa shape index (κ1) is 11.8. The second kappa shape index (κ2) is 4.67. The monoisotopic (exact) mass is 251 g/mol. The molecule has 0 atom stereocenters. The highest BCUT2D eigenvalue weighted by molar-refractivity contribution is 7.17. The lowest BCUT2D eigenvalue weighted by atomic mass is 10.3. The van der Waals surface area contributed by atoms with E-state index in [-0.39, 0.29) is 5.78 Å². The second-order valence-corrected chi connectivity index (χ2v) is 4.54. The van der Waals surface area contributed by atoms with E-state index >= 15 is 0 Å². The van der Waals surface area contributed by atoms with Gasteiger partial charge in [-0.2, -0.15) is 5.10 Å². The van der Waals surface area contributed by atoms with Crippen LogP contribution in [0.2, 0.25) is 0 Å². The number of hydrogen-bond donors (Lipinski definition) is 0. The molecule has 0 radical (unpaired) electrons. The predicted octanol–water partition coefficient (Wildman–Crippen LogP) is 2.14. The first-order valence-corrected chi connectivity index (χ1v) is 6.04. The molecule has 0 aromatic carbocycles. The fraction of sp³-hybridized carbons (Fsp3) is 0.364. The van der Waals surface area contributed by atoms with Gasteiger partial charge in [-0.05, 0) is 0 Å². The summed E-state index contributed by atoms with van der Waals surface area (Å²) in [4.78, 5) is 16.6. The van der Waals surface area contributed by atoms with Crippen molar-refractivity contribution in [2.24, 2.45) is 7.05 Å². The minimum Gasteiger partial charge on any atom is -0.480 e. The van der Waals surface area contributed by atoms with Crippen molar-refractivity contribution in [3.8, 4) is 16.5 Å². The molecule has 5 nitrogen and oxygen atoms in total. The molecular formula is C11H13N3O2S. The van der Waals surface area contributed by atoms with E-state index in [0.29, 0.717) is 17.2 Å². The van der Waals surface area contributed by atoms with Crippen molar-refractivity contribution in [2.45, 2.75) is 13.3 Å². The van der Waals surface area contributed by atoms with Gasteiger partial charge in [0.1, 0.15) is 9.88 Å². The molecule has 0 spiro atoms. The number of rotatable bonds is 4. The molecule has 0 saturated carbocycles. The maximum Gasteiger partial charge on any atom is 0.236 e.